The predicted molar refractivity (Wildman–Crippen MR) is 67.9 cm³/mol. The van der Waals surface area contributed by atoms with Gasteiger partial charge in [-0.15, -0.1) is 0 Å². The molecule has 2 atom stereocenters. The fraction of sp³-hybridized carbons (Fsp3) is 0.750. The molecule has 2 saturated heterocycles. The molecule has 2 aliphatic heterocycles. The van der Waals surface area contributed by atoms with Crippen LogP contribution < -0.4 is 5.73 Å². The van der Waals surface area contributed by atoms with Gasteiger partial charge in [-0.25, -0.2) is 9.59 Å². The van der Waals surface area contributed by atoms with Crippen LogP contribution in [-0.4, -0.2) is 71.2 Å². The Hall–Kier alpha value is -1.83. The molecule has 2 rings (SSSR count). The number of nitrogens with two attached hydrogens (primary N) is 1. The topological polar surface area (TPSA) is 113 Å². The van der Waals surface area contributed by atoms with Crippen molar-refractivity contribution in [3.8, 4) is 0 Å². The molecule has 2 unspecified atom stereocenters. The van der Waals surface area contributed by atoms with E-state index in [9.17, 15) is 19.5 Å². The lowest BCUT2D eigenvalue weighted by Crippen LogP contribution is -2.61. The van der Waals surface area contributed by atoms with Gasteiger partial charge in [-0.1, -0.05) is 0 Å². The van der Waals surface area contributed by atoms with Gasteiger partial charge in [0.15, 0.2) is 0 Å². The number of morpholine rings is 1. The molecular weight excluding hydrogens is 266 g/mol. The van der Waals surface area contributed by atoms with Gasteiger partial charge in [0.1, 0.15) is 12.1 Å². The maximum absolute atomic E-state index is 12.5. The number of ether oxygens (including phenoxy) is 1. The molecule has 0 spiro atoms. The molecule has 0 radical (unpaired) electrons. The Morgan fingerprint density at radius 2 is 1.80 bits per heavy atom. The van der Waals surface area contributed by atoms with Crippen LogP contribution in [0, 0.1) is 0 Å². The van der Waals surface area contributed by atoms with E-state index in [1.807, 2.05) is 0 Å². The number of primary amides is 1. The van der Waals surface area contributed by atoms with Gasteiger partial charge < -0.3 is 25.4 Å². The zero-order valence-corrected chi connectivity index (χ0v) is 11.2. The van der Waals surface area contributed by atoms with E-state index in [0.717, 1.165) is 12.8 Å². The van der Waals surface area contributed by atoms with Crippen molar-refractivity contribution in [2.24, 2.45) is 5.73 Å². The minimum atomic E-state index is -1.01. The second-order valence-electron chi connectivity index (χ2n) is 5.01. The van der Waals surface area contributed by atoms with Crippen molar-refractivity contribution in [3.05, 3.63) is 0 Å². The van der Waals surface area contributed by atoms with E-state index >= 15 is 0 Å². The Morgan fingerprint density at radius 1 is 1.10 bits per heavy atom. The van der Waals surface area contributed by atoms with E-state index < -0.39 is 30.0 Å². The third kappa shape index (κ3) is 2.84. The molecule has 8 nitrogen and oxygen atoms in total. The normalized spacial score (nSPS) is 27.2. The number of aliphatic carboxylic acids is 1. The second kappa shape index (κ2) is 6.08. The van der Waals surface area contributed by atoms with Crippen LogP contribution >= 0.6 is 0 Å². The van der Waals surface area contributed by atoms with Gasteiger partial charge in [-0.3, -0.25) is 4.79 Å². The molecule has 3 N–H and O–H groups in total. The molecule has 0 aliphatic carbocycles. The van der Waals surface area contributed by atoms with Gasteiger partial charge in [0.25, 0.3) is 0 Å². The van der Waals surface area contributed by atoms with E-state index in [4.69, 9.17) is 10.5 Å². The molecule has 2 aliphatic rings. The van der Waals surface area contributed by atoms with Crippen LogP contribution in [0.4, 0.5) is 4.79 Å². The standard InChI is InChI=1S/C12H19N3O5/c13-10(16)9-7-20-6-5-15(9)12(19)14-4-2-1-3-8(14)11(17)18/h8-9H,1-7H2,(H2,13,16)(H,17,18). The van der Waals surface area contributed by atoms with Gasteiger partial charge in [-0.2, -0.15) is 0 Å². The highest BCUT2D eigenvalue weighted by Gasteiger charge is 2.39. The van der Waals surface area contributed by atoms with Crippen LogP contribution in [0.15, 0.2) is 0 Å². The number of rotatable bonds is 2. The van der Waals surface area contributed by atoms with Gasteiger partial charge >= 0.3 is 12.0 Å². The monoisotopic (exact) mass is 285 g/mol. The summed E-state index contributed by atoms with van der Waals surface area (Å²) in [5, 5.41) is 9.20. The minimum Gasteiger partial charge on any atom is -0.480 e. The number of hydrogen-bond acceptors (Lipinski definition) is 4. The molecule has 0 bridgehead atoms. The molecule has 20 heavy (non-hydrogen) atoms. The third-order valence-corrected chi connectivity index (χ3v) is 3.74. The SMILES string of the molecule is NC(=O)C1COCCN1C(=O)N1CCCCC1C(=O)O. The molecule has 0 saturated carbocycles. The fourth-order valence-corrected chi connectivity index (χ4v) is 2.65. The molecule has 2 heterocycles. The lowest BCUT2D eigenvalue weighted by molar-refractivity contribution is -0.143. The van der Waals surface area contributed by atoms with Crippen LogP contribution in [0.2, 0.25) is 0 Å². The minimum absolute atomic E-state index is 0.0622. The predicted octanol–water partition coefficient (Wildman–Crippen LogP) is -0.768. The van der Waals surface area contributed by atoms with E-state index in [2.05, 4.69) is 0 Å². The summed E-state index contributed by atoms with van der Waals surface area (Å²) in [6, 6.07) is -2.09. The van der Waals surface area contributed by atoms with Crippen LogP contribution in [0.3, 0.4) is 0 Å². The number of urea groups is 1. The van der Waals surface area contributed by atoms with Gasteiger partial charge in [0.05, 0.1) is 13.2 Å². The lowest BCUT2D eigenvalue weighted by Gasteiger charge is -2.40. The first kappa shape index (κ1) is 14.6. The number of carboxylic acid groups (broad SMARTS) is 1. The van der Waals surface area contributed by atoms with E-state index in [-0.39, 0.29) is 13.2 Å². The lowest BCUT2D eigenvalue weighted by atomic mass is 10.0. The van der Waals surface area contributed by atoms with Gasteiger partial charge in [-0.05, 0) is 19.3 Å². The first-order valence-corrected chi connectivity index (χ1v) is 6.69. The first-order valence-electron chi connectivity index (χ1n) is 6.69. The molecule has 3 amide bonds. The van der Waals surface area contributed by atoms with Crippen molar-refractivity contribution >= 4 is 17.9 Å². The largest absolute Gasteiger partial charge is 0.480 e. The molecule has 112 valence electrons. The van der Waals surface area contributed by atoms with Crippen LogP contribution in [-0.2, 0) is 14.3 Å². The molecule has 0 aromatic rings. The summed E-state index contributed by atoms with van der Waals surface area (Å²) >= 11 is 0. The van der Waals surface area contributed by atoms with Crippen molar-refractivity contribution in [1.82, 2.24) is 9.80 Å². The van der Waals surface area contributed by atoms with Crippen molar-refractivity contribution in [1.29, 1.82) is 0 Å². The van der Waals surface area contributed by atoms with Gasteiger partial charge in [0, 0.05) is 13.1 Å². The molecular formula is C12H19N3O5. The first-order chi connectivity index (χ1) is 9.52. The fourth-order valence-electron chi connectivity index (χ4n) is 2.65. The van der Waals surface area contributed by atoms with E-state index in [1.54, 1.807) is 0 Å². The number of likely N-dealkylation sites (tertiary alicyclic amines) is 1. The molecule has 0 aromatic heterocycles. The second-order valence-corrected chi connectivity index (χ2v) is 5.01. The quantitative estimate of drug-likeness (QED) is 0.691. The molecule has 8 heteroatoms. The van der Waals surface area contributed by atoms with Crippen LogP contribution in [0.5, 0.6) is 0 Å². The molecule has 0 aromatic carbocycles. The average Bonchev–Trinajstić information content (AvgIpc) is 2.46. The number of carbonyl (C=O) groups excluding carboxylic acids is 2. The Morgan fingerprint density at radius 3 is 2.45 bits per heavy atom. The maximum atomic E-state index is 12.5. The van der Waals surface area contributed by atoms with Crippen molar-refractivity contribution in [2.75, 3.05) is 26.3 Å². The summed E-state index contributed by atoms with van der Waals surface area (Å²) in [6.45, 7) is 1.02. The number of hydrogen-bond donors (Lipinski definition) is 2. The Kier molecular flexibility index (Phi) is 4.43. The average molecular weight is 285 g/mol. The highest BCUT2D eigenvalue weighted by Crippen LogP contribution is 2.20. The summed E-state index contributed by atoms with van der Waals surface area (Å²) in [4.78, 5) is 37.8. The number of nitrogens with zero attached hydrogens (tertiary/aromatic N) is 2. The summed E-state index contributed by atoms with van der Waals surface area (Å²) in [6.07, 6.45) is 1.98. The van der Waals surface area contributed by atoms with Crippen molar-refractivity contribution in [2.45, 2.75) is 31.3 Å². The van der Waals surface area contributed by atoms with Crippen molar-refractivity contribution in [3.63, 3.8) is 0 Å². The number of piperidine rings is 1. The maximum Gasteiger partial charge on any atom is 0.326 e. The summed E-state index contributed by atoms with van der Waals surface area (Å²) in [5.41, 5.74) is 5.27. The number of carboxylic acids is 1. The number of amides is 3. The number of carbonyl (C=O) groups is 3. The summed E-state index contributed by atoms with van der Waals surface area (Å²) in [7, 11) is 0. The third-order valence-electron chi connectivity index (χ3n) is 3.74. The highest BCUT2D eigenvalue weighted by atomic mass is 16.5. The zero-order chi connectivity index (χ0) is 14.7. The van der Waals surface area contributed by atoms with Crippen LogP contribution in [0.1, 0.15) is 19.3 Å². The van der Waals surface area contributed by atoms with Crippen LogP contribution in [0.25, 0.3) is 0 Å². The smallest absolute Gasteiger partial charge is 0.326 e. The van der Waals surface area contributed by atoms with Gasteiger partial charge in [0.2, 0.25) is 5.91 Å². The Balaban J connectivity index is 2.14. The van der Waals surface area contributed by atoms with E-state index in [1.165, 1.54) is 9.80 Å². The zero-order valence-electron chi connectivity index (χ0n) is 11.2. The van der Waals surface area contributed by atoms with E-state index in [0.29, 0.717) is 19.6 Å². The van der Waals surface area contributed by atoms with Crippen molar-refractivity contribution < 1.29 is 24.2 Å². The highest BCUT2D eigenvalue weighted by molar-refractivity contribution is 5.88. The summed E-state index contributed by atoms with van der Waals surface area (Å²) < 4.78 is 5.16. The summed E-state index contributed by atoms with van der Waals surface area (Å²) in [5.74, 6) is -1.65. The molecule has 2 fully saturated rings. The Labute approximate surface area is 116 Å². The Bertz CT molecular complexity index is 378.